The first-order valence-electron chi connectivity index (χ1n) is 9.55. The third-order valence-electron chi connectivity index (χ3n) is 4.54. The van der Waals surface area contributed by atoms with Crippen LogP contribution in [0.25, 0.3) is 0 Å². The lowest BCUT2D eigenvalue weighted by Gasteiger charge is -2.22. The first-order chi connectivity index (χ1) is 11.6. The molecule has 1 N–H and O–H groups in total. The van der Waals surface area contributed by atoms with Crippen LogP contribution in [0.3, 0.4) is 0 Å². The summed E-state index contributed by atoms with van der Waals surface area (Å²) in [4.78, 5) is 23.9. The molecule has 1 aromatic rings. The lowest BCUT2D eigenvalue weighted by molar-refractivity contribution is 0.0928. The second-order valence-electron chi connectivity index (χ2n) is 6.84. The standard InChI is InChI=1S/C19H32N4O/c1-4-12-23(13-5-2)19-20-15(3)14-17(22-19)18(24)21-16-10-8-6-7-9-11-16/h14,16H,4-13H2,1-3H3,(H,21,24). The molecule has 0 unspecified atom stereocenters. The number of nitrogens with zero attached hydrogens (tertiary/aromatic N) is 3. The summed E-state index contributed by atoms with van der Waals surface area (Å²) in [6.07, 6.45) is 9.24. The van der Waals surface area contributed by atoms with E-state index < -0.39 is 0 Å². The van der Waals surface area contributed by atoms with Gasteiger partial charge in [0, 0.05) is 24.8 Å². The summed E-state index contributed by atoms with van der Waals surface area (Å²) in [5.41, 5.74) is 1.35. The minimum atomic E-state index is -0.0541. The molecule has 5 nitrogen and oxygen atoms in total. The van der Waals surface area contributed by atoms with Gasteiger partial charge in [-0.3, -0.25) is 4.79 Å². The molecule has 5 heteroatoms. The fourth-order valence-electron chi connectivity index (χ4n) is 3.35. The van der Waals surface area contributed by atoms with E-state index in [9.17, 15) is 4.79 Å². The topological polar surface area (TPSA) is 58.1 Å². The Morgan fingerprint density at radius 3 is 2.33 bits per heavy atom. The van der Waals surface area contributed by atoms with Gasteiger partial charge in [0.15, 0.2) is 0 Å². The molecule has 1 aromatic heterocycles. The second kappa shape index (κ2) is 9.60. The Kier molecular flexibility index (Phi) is 7.47. The number of carbonyl (C=O) groups is 1. The first kappa shape index (κ1) is 18.7. The summed E-state index contributed by atoms with van der Waals surface area (Å²) in [6, 6.07) is 2.09. The van der Waals surface area contributed by atoms with Crippen molar-refractivity contribution in [1.29, 1.82) is 0 Å². The first-order valence-corrected chi connectivity index (χ1v) is 9.55. The summed E-state index contributed by atoms with van der Waals surface area (Å²) in [7, 11) is 0. The van der Waals surface area contributed by atoms with Crippen LogP contribution in [0.4, 0.5) is 5.95 Å². The molecule has 24 heavy (non-hydrogen) atoms. The van der Waals surface area contributed by atoms with Gasteiger partial charge in [0.2, 0.25) is 5.95 Å². The Bertz CT molecular complexity index is 518. The van der Waals surface area contributed by atoms with Crippen molar-refractivity contribution in [1.82, 2.24) is 15.3 Å². The van der Waals surface area contributed by atoms with E-state index in [0.717, 1.165) is 44.5 Å². The van der Waals surface area contributed by atoms with Gasteiger partial charge in [-0.1, -0.05) is 39.5 Å². The molecule has 1 aliphatic carbocycles. The van der Waals surface area contributed by atoms with E-state index in [0.29, 0.717) is 17.7 Å². The van der Waals surface area contributed by atoms with Crippen molar-refractivity contribution < 1.29 is 4.79 Å². The number of anilines is 1. The zero-order valence-electron chi connectivity index (χ0n) is 15.5. The van der Waals surface area contributed by atoms with Crippen LogP contribution in [0.1, 0.15) is 81.4 Å². The highest BCUT2D eigenvalue weighted by molar-refractivity contribution is 5.92. The monoisotopic (exact) mass is 332 g/mol. The van der Waals surface area contributed by atoms with E-state index in [1.165, 1.54) is 25.7 Å². The molecule has 1 heterocycles. The minimum Gasteiger partial charge on any atom is -0.348 e. The summed E-state index contributed by atoms with van der Waals surface area (Å²) in [5, 5.41) is 3.18. The number of hydrogen-bond donors (Lipinski definition) is 1. The Balaban J connectivity index is 2.12. The molecule has 0 saturated heterocycles. The van der Waals surface area contributed by atoms with Gasteiger partial charge in [-0.25, -0.2) is 9.97 Å². The van der Waals surface area contributed by atoms with Crippen LogP contribution in [-0.2, 0) is 0 Å². The van der Waals surface area contributed by atoms with Crippen LogP contribution in [0.15, 0.2) is 6.07 Å². The third kappa shape index (κ3) is 5.46. The van der Waals surface area contributed by atoms with Gasteiger partial charge in [-0.15, -0.1) is 0 Å². The SMILES string of the molecule is CCCN(CCC)c1nc(C)cc(C(=O)NC2CCCCCC2)n1. The summed E-state index contributed by atoms with van der Waals surface area (Å²) in [6.45, 7) is 8.07. The van der Waals surface area contributed by atoms with Crippen LogP contribution < -0.4 is 10.2 Å². The number of aromatic nitrogens is 2. The Morgan fingerprint density at radius 2 is 1.75 bits per heavy atom. The molecule has 0 aliphatic heterocycles. The fourth-order valence-corrected chi connectivity index (χ4v) is 3.35. The van der Waals surface area contributed by atoms with Crippen LogP contribution in [0.2, 0.25) is 0 Å². The van der Waals surface area contributed by atoms with Crippen molar-refractivity contribution in [3.63, 3.8) is 0 Å². The molecule has 0 bridgehead atoms. The number of amides is 1. The summed E-state index contributed by atoms with van der Waals surface area (Å²) >= 11 is 0. The lowest BCUT2D eigenvalue weighted by Crippen LogP contribution is -2.35. The van der Waals surface area contributed by atoms with E-state index in [1.54, 1.807) is 6.07 Å². The second-order valence-corrected chi connectivity index (χ2v) is 6.84. The molecular formula is C19H32N4O. The average Bonchev–Trinajstić information content (AvgIpc) is 2.82. The van der Waals surface area contributed by atoms with Gasteiger partial charge in [-0.2, -0.15) is 0 Å². The lowest BCUT2D eigenvalue weighted by atomic mass is 10.1. The zero-order valence-corrected chi connectivity index (χ0v) is 15.5. The van der Waals surface area contributed by atoms with Crippen molar-refractivity contribution >= 4 is 11.9 Å². The molecule has 1 fully saturated rings. The summed E-state index contributed by atoms with van der Waals surface area (Å²) < 4.78 is 0. The molecule has 134 valence electrons. The van der Waals surface area contributed by atoms with Gasteiger partial charge in [0.05, 0.1) is 0 Å². The third-order valence-corrected chi connectivity index (χ3v) is 4.54. The highest BCUT2D eigenvalue weighted by Crippen LogP contribution is 2.18. The van der Waals surface area contributed by atoms with Crippen molar-refractivity contribution in [2.45, 2.75) is 78.2 Å². The summed E-state index contributed by atoms with van der Waals surface area (Å²) in [5.74, 6) is 0.631. The smallest absolute Gasteiger partial charge is 0.270 e. The maximum Gasteiger partial charge on any atom is 0.270 e. The van der Waals surface area contributed by atoms with E-state index in [-0.39, 0.29) is 5.91 Å². The quantitative estimate of drug-likeness (QED) is 0.770. The molecule has 0 spiro atoms. The minimum absolute atomic E-state index is 0.0541. The van der Waals surface area contributed by atoms with Crippen LogP contribution in [0, 0.1) is 6.92 Å². The number of carbonyl (C=O) groups excluding carboxylic acids is 1. The van der Waals surface area contributed by atoms with E-state index in [2.05, 4.69) is 34.0 Å². The van der Waals surface area contributed by atoms with Crippen molar-refractivity contribution in [2.24, 2.45) is 0 Å². The predicted molar refractivity (Wildman–Crippen MR) is 98.5 cm³/mol. The molecule has 2 rings (SSSR count). The molecule has 0 radical (unpaired) electrons. The molecule has 0 atom stereocenters. The van der Waals surface area contributed by atoms with E-state index in [4.69, 9.17) is 0 Å². The maximum atomic E-state index is 12.6. The highest BCUT2D eigenvalue weighted by Gasteiger charge is 2.18. The Morgan fingerprint density at radius 1 is 1.12 bits per heavy atom. The van der Waals surface area contributed by atoms with Crippen molar-refractivity contribution in [3.8, 4) is 0 Å². The van der Waals surface area contributed by atoms with Gasteiger partial charge in [0.25, 0.3) is 5.91 Å². The largest absolute Gasteiger partial charge is 0.348 e. The predicted octanol–water partition coefficient (Wildman–Crippen LogP) is 3.86. The number of nitrogens with one attached hydrogen (secondary N) is 1. The molecule has 1 aliphatic rings. The normalized spacial score (nSPS) is 15.8. The van der Waals surface area contributed by atoms with Gasteiger partial charge in [-0.05, 0) is 38.7 Å². The average molecular weight is 332 g/mol. The van der Waals surface area contributed by atoms with Crippen molar-refractivity contribution in [3.05, 3.63) is 17.5 Å². The number of aryl methyl sites for hydroxylation is 1. The van der Waals surface area contributed by atoms with Gasteiger partial charge in [0.1, 0.15) is 5.69 Å². The molecular weight excluding hydrogens is 300 g/mol. The van der Waals surface area contributed by atoms with Crippen molar-refractivity contribution in [2.75, 3.05) is 18.0 Å². The van der Waals surface area contributed by atoms with E-state index >= 15 is 0 Å². The zero-order chi connectivity index (χ0) is 17.4. The highest BCUT2D eigenvalue weighted by atomic mass is 16.1. The van der Waals surface area contributed by atoms with Crippen LogP contribution >= 0.6 is 0 Å². The Hall–Kier alpha value is -1.65. The molecule has 1 amide bonds. The van der Waals surface area contributed by atoms with Gasteiger partial charge >= 0.3 is 0 Å². The Labute approximate surface area is 146 Å². The van der Waals surface area contributed by atoms with E-state index in [1.807, 2.05) is 6.92 Å². The maximum absolute atomic E-state index is 12.6. The number of hydrogen-bond acceptors (Lipinski definition) is 4. The molecule has 0 aromatic carbocycles. The van der Waals surface area contributed by atoms with Crippen LogP contribution in [0.5, 0.6) is 0 Å². The molecule has 1 saturated carbocycles. The fraction of sp³-hybridized carbons (Fsp3) is 0.737. The van der Waals surface area contributed by atoms with Crippen LogP contribution in [-0.4, -0.2) is 35.0 Å². The number of rotatable bonds is 7. The van der Waals surface area contributed by atoms with Gasteiger partial charge < -0.3 is 10.2 Å².